The van der Waals surface area contributed by atoms with E-state index in [0.717, 1.165) is 55.5 Å². The first-order valence-corrected chi connectivity index (χ1v) is 11.5. The fourth-order valence-corrected chi connectivity index (χ4v) is 4.29. The van der Waals surface area contributed by atoms with E-state index in [-0.39, 0.29) is 11.6 Å². The van der Waals surface area contributed by atoms with Crippen molar-refractivity contribution in [2.45, 2.75) is 38.8 Å². The van der Waals surface area contributed by atoms with Crippen molar-refractivity contribution in [1.29, 1.82) is 0 Å². The number of nitrogens with zero attached hydrogens (tertiary/aromatic N) is 6. The van der Waals surface area contributed by atoms with Gasteiger partial charge in [0, 0.05) is 31.9 Å². The molecule has 1 aromatic heterocycles. The molecule has 0 spiro atoms. The number of benzene rings is 2. The molecule has 0 N–H and O–H groups in total. The summed E-state index contributed by atoms with van der Waals surface area (Å²) in [5.74, 6) is 2.60. The third-order valence-electron chi connectivity index (χ3n) is 6.73. The summed E-state index contributed by atoms with van der Waals surface area (Å²) in [5.41, 5.74) is 2.21. The molecule has 0 bridgehead atoms. The largest absolute Gasteiger partial charge is 0.497 e. The predicted octanol–water partition coefficient (Wildman–Crippen LogP) is 3.75. The van der Waals surface area contributed by atoms with Crippen molar-refractivity contribution in [2.24, 2.45) is 0 Å². The molecule has 2 aromatic carbocycles. The van der Waals surface area contributed by atoms with Crippen LogP contribution in [-0.2, 0) is 5.54 Å². The van der Waals surface area contributed by atoms with Crippen molar-refractivity contribution in [3.63, 3.8) is 0 Å². The van der Waals surface area contributed by atoms with E-state index in [1.807, 2.05) is 28.9 Å². The Hall–Kier alpha value is -3.13. The molecule has 1 atom stereocenters. The molecule has 1 aliphatic rings. The van der Waals surface area contributed by atoms with Gasteiger partial charge in [0.25, 0.3) is 0 Å². The fraction of sp³-hybridized carbons (Fsp3) is 0.480. The summed E-state index contributed by atoms with van der Waals surface area (Å²) in [7, 11) is 3.38. The van der Waals surface area contributed by atoms with Crippen LogP contribution < -0.4 is 14.4 Å². The maximum atomic E-state index is 5.39. The van der Waals surface area contributed by atoms with Crippen molar-refractivity contribution in [3.8, 4) is 11.5 Å². The van der Waals surface area contributed by atoms with Crippen molar-refractivity contribution in [3.05, 3.63) is 59.9 Å². The number of tetrazole rings is 1. The molecule has 0 unspecified atom stereocenters. The lowest BCUT2D eigenvalue weighted by atomic mass is 9.99. The van der Waals surface area contributed by atoms with E-state index in [1.54, 1.807) is 14.2 Å². The molecule has 0 aliphatic carbocycles. The first-order valence-electron chi connectivity index (χ1n) is 11.5. The van der Waals surface area contributed by atoms with Crippen LogP contribution in [0.3, 0.4) is 0 Å². The Morgan fingerprint density at radius 1 is 0.879 bits per heavy atom. The van der Waals surface area contributed by atoms with E-state index < -0.39 is 0 Å². The molecule has 0 amide bonds. The summed E-state index contributed by atoms with van der Waals surface area (Å²) in [5, 5.41) is 13.0. The Balaban J connectivity index is 1.61. The molecular weight excluding hydrogens is 416 g/mol. The van der Waals surface area contributed by atoms with Crippen molar-refractivity contribution in [1.82, 2.24) is 25.1 Å². The van der Waals surface area contributed by atoms with Gasteiger partial charge >= 0.3 is 0 Å². The number of piperazine rings is 1. The molecule has 3 aromatic rings. The van der Waals surface area contributed by atoms with E-state index in [4.69, 9.17) is 9.47 Å². The molecule has 1 saturated heterocycles. The quantitative estimate of drug-likeness (QED) is 0.518. The van der Waals surface area contributed by atoms with Gasteiger partial charge in [-0.15, -0.1) is 5.10 Å². The second kappa shape index (κ2) is 9.79. The van der Waals surface area contributed by atoms with Gasteiger partial charge in [0.2, 0.25) is 0 Å². The van der Waals surface area contributed by atoms with Crippen LogP contribution in [0.25, 0.3) is 0 Å². The average molecular weight is 451 g/mol. The average Bonchev–Trinajstić information content (AvgIpc) is 3.35. The smallest absolute Gasteiger partial charge is 0.173 e. The zero-order valence-corrected chi connectivity index (χ0v) is 20.2. The second-order valence-electron chi connectivity index (χ2n) is 9.01. The van der Waals surface area contributed by atoms with E-state index in [9.17, 15) is 0 Å². The summed E-state index contributed by atoms with van der Waals surface area (Å²) >= 11 is 0. The van der Waals surface area contributed by atoms with Gasteiger partial charge in [-0.2, -0.15) is 0 Å². The number of aromatic nitrogens is 4. The minimum atomic E-state index is -0.172. The number of rotatable bonds is 8. The molecule has 8 heteroatoms. The molecular formula is C25H34N6O2. The first-order chi connectivity index (χ1) is 16.0. The molecule has 2 heterocycles. The lowest BCUT2D eigenvalue weighted by Gasteiger charge is -2.40. The monoisotopic (exact) mass is 450 g/mol. The normalized spacial score (nSPS) is 16.0. The second-order valence-corrected chi connectivity index (χ2v) is 9.01. The Morgan fingerprint density at radius 2 is 1.45 bits per heavy atom. The van der Waals surface area contributed by atoms with Gasteiger partial charge in [-0.1, -0.05) is 19.1 Å². The van der Waals surface area contributed by atoms with Gasteiger partial charge in [0.1, 0.15) is 11.5 Å². The molecule has 8 nitrogen and oxygen atoms in total. The molecule has 0 radical (unpaired) electrons. The third kappa shape index (κ3) is 4.80. The number of hydrogen-bond acceptors (Lipinski definition) is 7. The van der Waals surface area contributed by atoms with Crippen LogP contribution in [0, 0.1) is 0 Å². The minimum absolute atomic E-state index is 0.0326. The Bertz CT molecular complexity index is 1020. The highest BCUT2D eigenvalue weighted by Crippen LogP contribution is 2.33. The minimum Gasteiger partial charge on any atom is -0.497 e. The maximum absolute atomic E-state index is 5.39. The number of methoxy groups -OCH3 is 2. The first kappa shape index (κ1) is 23.0. The van der Waals surface area contributed by atoms with Gasteiger partial charge in [-0.25, -0.2) is 4.68 Å². The summed E-state index contributed by atoms with van der Waals surface area (Å²) in [4.78, 5) is 4.90. The zero-order chi connectivity index (χ0) is 23.4. The lowest BCUT2D eigenvalue weighted by molar-refractivity contribution is 0.187. The molecule has 0 saturated carbocycles. The van der Waals surface area contributed by atoms with Crippen LogP contribution in [0.5, 0.6) is 11.5 Å². The molecule has 176 valence electrons. The fourth-order valence-electron chi connectivity index (χ4n) is 4.29. The van der Waals surface area contributed by atoms with Crippen molar-refractivity contribution in [2.75, 3.05) is 45.3 Å². The van der Waals surface area contributed by atoms with Gasteiger partial charge in [0.15, 0.2) is 5.82 Å². The van der Waals surface area contributed by atoms with Crippen LogP contribution in [0.2, 0.25) is 0 Å². The Morgan fingerprint density at radius 3 is 2.00 bits per heavy atom. The van der Waals surface area contributed by atoms with Crippen LogP contribution in [0.1, 0.15) is 44.6 Å². The topological polar surface area (TPSA) is 68.5 Å². The van der Waals surface area contributed by atoms with Crippen LogP contribution in [0.15, 0.2) is 48.5 Å². The number of anilines is 1. The van der Waals surface area contributed by atoms with E-state index in [2.05, 4.69) is 70.4 Å². The lowest BCUT2D eigenvalue weighted by Crippen LogP contribution is -2.48. The van der Waals surface area contributed by atoms with Gasteiger partial charge in [0.05, 0.1) is 25.8 Å². The summed E-state index contributed by atoms with van der Waals surface area (Å²) in [6.45, 7) is 10.2. The van der Waals surface area contributed by atoms with Crippen LogP contribution in [0.4, 0.5) is 5.69 Å². The van der Waals surface area contributed by atoms with E-state index >= 15 is 0 Å². The summed E-state index contributed by atoms with van der Waals surface area (Å²) in [6.07, 6.45) is 0.936. The highest BCUT2D eigenvalue weighted by molar-refractivity contribution is 5.49. The van der Waals surface area contributed by atoms with Crippen LogP contribution in [-0.4, -0.2) is 65.5 Å². The van der Waals surface area contributed by atoms with Crippen molar-refractivity contribution >= 4 is 5.69 Å². The molecule has 1 aliphatic heterocycles. The maximum Gasteiger partial charge on any atom is 0.173 e. The van der Waals surface area contributed by atoms with Crippen LogP contribution >= 0.6 is 0 Å². The Labute approximate surface area is 196 Å². The van der Waals surface area contributed by atoms with E-state index in [0.29, 0.717) is 0 Å². The van der Waals surface area contributed by atoms with E-state index in [1.165, 1.54) is 5.69 Å². The molecule has 1 fully saturated rings. The Kier molecular flexibility index (Phi) is 6.83. The standard InChI is InChI=1S/C25H34N6O2/c1-6-25(2,3)31-24(26-27-28-31)23(19-7-11-21(32-4)12-8-19)30-17-15-29(16-18-30)20-9-13-22(33-5)14-10-20/h7-14,23H,6,15-18H2,1-5H3/t23-/m1/s1. The molecule has 33 heavy (non-hydrogen) atoms. The van der Waals surface area contributed by atoms with Crippen molar-refractivity contribution < 1.29 is 9.47 Å². The molecule has 4 rings (SSSR count). The number of ether oxygens (including phenoxy) is 2. The SMILES string of the molecule is CCC(C)(C)n1nnnc1[C@@H](c1ccc(OC)cc1)N1CCN(c2ccc(OC)cc2)CC1. The third-order valence-corrected chi connectivity index (χ3v) is 6.73. The highest BCUT2D eigenvalue weighted by atomic mass is 16.5. The zero-order valence-electron chi connectivity index (χ0n) is 20.2. The summed E-state index contributed by atoms with van der Waals surface area (Å²) < 4.78 is 12.7. The summed E-state index contributed by atoms with van der Waals surface area (Å²) in [6, 6.07) is 16.5. The number of hydrogen-bond donors (Lipinski definition) is 0. The van der Waals surface area contributed by atoms with Gasteiger partial charge in [-0.05, 0) is 72.7 Å². The van der Waals surface area contributed by atoms with Gasteiger partial charge in [-0.3, -0.25) is 4.90 Å². The highest BCUT2D eigenvalue weighted by Gasteiger charge is 2.34. The predicted molar refractivity (Wildman–Crippen MR) is 129 cm³/mol. The van der Waals surface area contributed by atoms with Gasteiger partial charge < -0.3 is 14.4 Å².